The molecular weight excluding hydrogens is 251 g/mol. The van der Waals surface area contributed by atoms with Gasteiger partial charge in [-0.3, -0.25) is 10.1 Å². The van der Waals surface area contributed by atoms with E-state index in [1.165, 1.54) is 12.1 Å². The molecule has 1 fully saturated rings. The predicted molar refractivity (Wildman–Crippen MR) is 68.0 cm³/mol. The van der Waals surface area contributed by atoms with Gasteiger partial charge in [0.05, 0.1) is 17.6 Å². The lowest BCUT2D eigenvalue weighted by molar-refractivity contribution is -0.387. The summed E-state index contributed by atoms with van der Waals surface area (Å²) >= 11 is 0. The molecule has 19 heavy (non-hydrogen) atoms. The number of nitro benzene ring substituents is 1. The lowest BCUT2D eigenvalue weighted by atomic mass is 10.1. The Balaban J connectivity index is 1.96. The molecule has 0 heterocycles. The first-order chi connectivity index (χ1) is 9.11. The van der Waals surface area contributed by atoms with Crippen molar-refractivity contribution in [2.45, 2.75) is 32.0 Å². The number of rotatable bonds is 5. The Labute approximate surface area is 110 Å². The van der Waals surface area contributed by atoms with Crippen LogP contribution in [0.3, 0.4) is 0 Å². The van der Waals surface area contributed by atoms with Crippen LogP contribution in [0.5, 0.6) is 0 Å². The van der Waals surface area contributed by atoms with Gasteiger partial charge in [-0.1, -0.05) is 6.42 Å². The third kappa shape index (κ3) is 3.27. The average molecular weight is 268 g/mol. The van der Waals surface area contributed by atoms with Crippen molar-refractivity contribution in [3.05, 3.63) is 39.7 Å². The van der Waals surface area contributed by atoms with Crippen LogP contribution < -0.4 is 5.73 Å². The van der Waals surface area contributed by atoms with E-state index in [-0.39, 0.29) is 12.7 Å². The Kier molecular flexibility index (Phi) is 4.44. The largest absolute Gasteiger partial charge is 0.373 e. The molecule has 0 aliphatic heterocycles. The minimum Gasteiger partial charge on any atom is -0.373 e. The zero-order chi connectivity index (χ0) is 13.8. The van der Waals surface area contributed by atoms with Gasteiger partial charge in [-0.05, 0) is 43.0 Å². The first-order valence-electron chi connectivity index (χ1n) is 6.36. The van der Waals surface area contributed by atoms with Crippen molar-refractivity contribution in [1.29, 1.82) is 0 Å². The first-order valence-corrected chi connectivity index (χ1v) is 6.36. The first kappa shape index (κ1) is 13.9. The van der Waals surface area contributed by atoms with Crippen molar-refractivity contribution in [2.75, 3.05) is 6.54 Å². The van der Waals surface area contributed by atoms with Crippen LogP contribution in [0.2, 0.25) is 0 Å². The molecule has 2 unspecified atom stereocenters. The Bertz CT molecular complexity index is 467. The molecule has 0 saturated heterocycles. The molecule has 0 spiro atoms. The van der Waals surface area contributed by atoms with E-state index < -0.39 is 16.4 Å². The third-order valence-electron chi connectivity index (χ3n) is 3.56. The van der Waals surface area contributed by atoms with E-state index in [9.17, 15) is 14.5 Å². The van der Waals surface area contributed by atoms with Crippen molar-refractivity contribution in [3.63, 3.8) is 0 Å². The standard InChI is InChI=1S/C13H17FN2O3/c14-11-6-9(4-5-12(11)16(17)18)8-19-13-3-1-2-10(13)7-15/h4-6,10,13H,1-3,7-8,15H2. The lowest BCUT2D eigenvalue weighted by Gasteiger charge is -2.18. The number of hydrogen-bond acceptors (Lipinski definition) is 4. The summed E-state index contributed by atoms with van der Waals surface area (Å²) < 4.78 is 19.2. The van der Waals surface area contributed by atoms with Crippen molar-refractivity contribution >= 4 is 5.69 Å². The zero-order valence-corrected chi connectivity index (χ0v) is 10.5. The van der Waals surface area contributed by atoms with E-state index in [1.54, 1.807) is 0 Å². The predicted octanol–water partition coefficient (Wildman–Crippen LogP) is 2.38. The van der Waals surface area contributed by atoms with Crippen molar-refractivity contribution in [2.24, 2.45) is 11.7 Å². The van der Waals surface area contributed by atoms with Gasteiger partial charge >= 0.3 is 5.69 Å². The number of nitrogens with zero attached hydrogens (tertiary/aromatic N) is 1. The van der Waals surface area contributed by atoms with Gasteiger partial charge in [0.1, 0.15) is 0 Å². The molecule has 0 amide bonds. The fourth-order valence-corrected chi connectivity index (χ4v) is 2.48. The van der Waals surface area contributed by atoms with E-state index in [1.807, 2.05) is 0 Å². The molecule has 1 aliphatic carbocycles. The van der Waals surface area contributed by atoms with Crippen LogP contribution in [0.25, 0.3) is 0 Å². The Morgan fingerprint density at radius 3 is 2.89 bits per heavy atom. The molecule has 1 aromatic carbocycles. The molecule has 2 N–H and O–H groups in total. The number of nitrogens with two attached hydrogens (primary N) is 1. The van der Waals surface area contributed by atoms with E-state index in [2.05, 4.69) is 0 Å². The van der Waals surface area contributed by atoms with Crippen LogP contribution in [0.15, 0.2) is 18.2 Å². The Morgan fingerprint density at radius 1 is 1.47 bits per heavy atom. The van der Waals surface area contributed by atoms with E-state index in [0.29, 0.717) is 18.0 Å². The summed E-state index contributed by atoms with van der Waals surface area (Å²) in [6.07, 6.45) is 3.25. The second kappa shape index (κ2) is 6.08. The number of ether oxygens (including phenoxy) is 1. The van der Waals surface area contributed by atoms with Gasteiger partial charge in [-0.2, -0.15) is 4.39 Å². The van der Waals surface area contributed by atoms with Crippen LogP contribution in [0.1, 0.15) is 24.8 Å². The molecule has 0 radical (unpaired) electrons. The van der Waals surface area contributed by atoms with Crippen LogP contribution in [0.4, 0.5) is 10.1 Å². The minimum absolute atomic E-state index is 0.114. The molecule has 0 bridgehead atoms. The van der Waals surface area contributed by atoms with Gasteiger partial charge in [-0.15, -0.1) is 0 Å². The normalized spacial score (nSPS) is 22.6. The zero-order valence-electron chi connectivity index (χ0n) is 10.5. The number of benzene rings is 1. The number of hydrogen-bond donors (Lipinski definition) is 1. The molecule has 104 valence electrons. The van der Waals surface area contributed by atoms with Crippen LogP contribution in [-0.2, 0) is 11.3 Å². The SMILES string of the molecule is NCC1CCCC1OCc1ccc([N+](=O)[O-])c(F)c1. The molecular formula is C13H17FN2O3. The maximum atomic E-state index is 13.4. The van der Waals surface area contributed by atoms with Gasteiger partial charge in [-0.25, -0.2) is 0 Å². The fraction of sp³-hybridized carbons (Fsp3) is 0.538. The summed E-state index contributed by atoms with van der Waals surface area (Å²) in [5, 5.41) is 10.5. The van der Waals surface area contributed by atoms with Crippen LogP contribution in [0, 0.1) is 21.8 Å². The molecule has 5 nitrogen and oxygen atoms in total. The van der Waals surface area contributed by atoms with Gasteiger partial charge < -0.3 is 10.5 Å². The minimum atomic E-state index is -0.826. The molecule has 2 rings (SSSR count). The highest BCUT2D eigenvalue weighted by molar-refractivity contribution is 5.34. The quantitative estimate of drug-likeness (QED) is 0.657. The number of halogens is 1. The summed E-state index contributed by atoms with van der Waals surface area (Å²) in [6.45, 7) is 0.857. The summed E-state index contributed by atoms with van der Waals surface area (Å²) in [4.78, 5) is 9.77. The Morgan fingerprint density at radius 2 is 2.26 bits per heavy atom. The summed E-state index contributed by atoms with van der Waals surface area (Å²) in [5.41, 5.74) is 5.75. The second-order valence-electron chi connectivity index (χ2n) is 4.82. The molecule has 1 aromatic rings. The topological polar surface area (TPSA) is 78.4 Å². The molecule has 6 heteroatoms. The van der Waals surface area contributed by atoms with Gasteiger partial charge in [0.2, 0.25) is 5.82 Å². The maximum Gasteiger partial charge on any atom is 0.304 e. The van der Waals surface area contributed by atoms with Crippen molar-refractivity contribution < 1.29 is 14.1 Å². The second-order valence-corrected chi connectivity index (χ2v) is 4.82. The van der Waals surface area contributed by atoms with Crippen LogP contribution in [-0.4, -0.2) is 17.6 Å². The van der Waals surface area contributed by atoms with E-state index in [0.717, 1.165) is 25.3 Å². The third-order valence-corrected chi connectivity index (χ3v) is 3.56. The smallest absolute Gasteiger partial charge is 0.304 e. The highest BCUT2D eigenvalue weighted by Crippen LogP contribution is 2.28. The summed E-state index contributed by atoms with van der Waals surface area (Å²) in [6, 6.07) is 3.85. The Hall–Kier alpha value is -1.53. The highest BCUT2D eigenvalue weighted by atomic mass is 19.1. The summed E-state index contributed by atoms with van der Waals surface area (Å²) in [5.74, 6) is -0.462. The van der Waals surface area contributed by atoms with Gasteiger partial charge in [0, 0.05) is 6.07 Å². The highest BCUT2D eigenvalue weighted by Gasteiger charge is 2.26. The molecule has 1 aliphatic rings. The van der Waals surface area contributed by atoms with Crippen molar-refractivity contribution in [3.8, 4) is 0 Å². The number of nitro groups is 1. The fourth-order valence-electron chi connectivity index (χ4n) is 2.48. The monoisotopic (exact) mass is 268 g/mol. The van der Waals surface area contributed by atoms with Gasteiger partial charge in [0.25, 0.3) is 0 Å². The average Bonchev–Trinajstić information content (AvgIpc) is 2.83. The van der Waals surface area contributed by atoms with E-state index >= 15 is 0 Å². The van der Waals surface area contributed by atoms with Crippen molar-refractivity contribution in [1.82, 2.24) is 0 Å². The molecule has 2 atom stereocenters. The molecule has 0 aromatic heterocycles. The summed E-state index contributed by atoms with van der Waals surface area (Å²) in [7, 11) is 0. The lowest BCUT2D eigenvalue weighted by Crippen LogP contribution is -2.25. The molecule has 1 saturated carbocycles. The van der Waals surface area contributed by atoms with Gasteiger partial charge in [0.15, 0.2) is 0 Å². The van der Waals surface area contributed by atoms with E-state index in [4.69, 9.17) is 10.5 Å². The maximum absolute atomic E-state index is 13.4. The van der Waals surface area contributed by atoms with Crippen LogP contribution >= 0.6 is 0 Å².